The van der Waals surface area contributed by atoms with Crippen molar-refractivity contribution >= 4 is 6.09 Å². The van der Waals surface area contributed by atoms with Gasteiger partial charge in [-0.1, -0.05) is 42.5 Å². The summed E-state index contributed by atoms with van der Waals surface area (Å²) in [6.07, 6.45) is -8.02. The summed E-state index contributed by atoms with van der Waals surface area (Å²) < 4.78 is 45.1. The van der Waals surface area contributed by atoms with Crippen LogP contribution in [-0.2, 0) is 11.3 Å². The number of halogens is 3. The van der Waals surface area contributed by atoms with Crippen LogP contribution in [0.4, 0.5) is 18.0 Å². The molecule has 2 rings (SSSR count). The van der Waals surface area contributed by atoms with Crippen molar-refractivity contribution in [3.8, 4) is 5.75 Å². The van der Waals surface area contributed by atoms with Gasteiger partial charge in [-0.3, -0.25) is 0 Å². The second-order valence-corrected chi connectivity index (χ2v) is 5.91. The summed E-state index contributed by atoms with van der Waals surface area (Å²) in [6.45, 7) is 0.144. The van der Waals surface area contributed by atoms with Gasteiger partial charge in [-0.15, -0.1) is 13.2 Å². The first-order valence-corrected chi connectivity index (χ1v) is 8.41. The van der Waals surface area contributed by atoms with Crippen LogP contribution < -0.4 is 10.1 Å². The number of aliphatic hydroxyl groups excluding tert-OH is 2. The molecule has 0 aliphatic carbocycles. The smallest absolute Gasteiger partial charge is 0.445 e. The lowest BCUT2D eigenvalue weighted by atomic mass is 10.0. The van der Waals surface area contributed by atoms with Crippen LogP contribution in [0.1, 0.15) is 23.7 Å². The highest BCUT2D eigenvalue weighted by molar-refractivity contribution is 5.67. The van der Waals surface area contributed by atoms with Gasteiger partial charge in [0.25, 0.3) is 0 Å². The van der Waals surface area contributed by atoms with Crippen LogP contribution in [-0.4, -0.2) is 35.3 Å². The molecule has 0 spiro atoms. The molecule has 0 aromatic heterocycles. The molecule has 6 nitrogen and oxygen atoms in total. The number of hydrogen-bond donors (Lipinski definition) is 3. The summed E-state index contributed by atoms with van der Waals surface area (Å²) >= 11 is 0. The van der Waals surface area contributed by atoms with Gasteiger partial charge in [0.15, 0.2) is 0 Å². The molecule has 0 saturated heterocycles. The summed E-state index contributed by atoms with van der Waals surface area (Å²) in [5.74, 6) is -0.430. The largest absolute Gasteiger partial charge is 0.573 e. The molecule has 0 radical (unpaired) electrons. The van der Waals surface area contributed by atoms with Gasteiger partial charge in [0.05, 0.1) is 6.10 Å². The minimum absolute atomic E-state index is 0.0163. The molecule has 0 aliphatic heterocycles. The van der Waals surface area contributed by atoms with Gasteiger partial charge in [0.1, 0.15) is 18.5 Å². The number of carbonyl (C=O) groups is 1. The van der Waals surface area contributed by atoms with Gasteiger partial charge in [0.2, 0.25) is 0 Å². The molecule has 0 saturated carbocycles. The van der Waals surface area contributed by atoms with Gasteiger partial charge in [0, 0.05) is 6.54 Å². The van der Waals surface area contributed by atoms with Gasteiger partial charge in [-0.25, -0.2) is 4.79 Å². The van der Waals surface area contributed by atoms with Crippen LogP contribution in [0.15, 0.2) is 54.6 Å². The van der Waals surface area contributed by atoms with Gasteiger partial charge < -0.3 is 25.0 Å². The van der Waals surface area contributed by atoms with Crippen molar-refractivity contribution < 1.29 is 37.7 Å². The first-order valence-electron chi connectivity index (χ1n) is 8.41. The van der Waals surface area contributed by atoms with Crippen molar-refractivity contribution in [1.82, 2.24) is 5.32 Å². The summed E-state index contributed by atoms with van der Waals surface area (Å²) in [7, 11) is 0. The van der Waals surface area contributed by atoms with Crippen molar-refractivity contribution in [1.29, 1.82) is 0 Å². The highest BCUT2D eigenvalue weighted by Crippen LogP contribution is 2.25. The second-order valence-electron chi connectivity index (χ2n) is 5.91. The standard InChI is InChI=1S/C19H20F3NO5/c20-19(21,22)28-15-8-6-14(7-9-15)17(25)16(24)10-11-23-18(26)27-12-13-4-2-1-3-5-13/h1-9,16-17,24-25H,10-12H2,(H,23,26). The predicted molar refractivity (Wildman–Crippen MR) is 93.3 cm³/mol. The molecule has 0 fully saturated rings. The Hall–Kier alpha value is -2.78. The van der Waals surface area contributed by atoms with Crippen LogP contribution in [0.3, 0.4) is 0 Å². The molecule has 1 amide bonds. The number of hydrogen-bond acceptors (Lipinski definition) is 5. The number of rotatable bonds is 8. The van der Waals surface area contributed by atoms with E-state index in [0.717, 1.165) is 17.7 Å². The Bertz CT molecular complexity index is 737. The van der Waals surface area contributed by atoms with Crippen molar-refractivity contribution in [2.24, 2.45) is 0 Å². The van der Waals surface area contributed by atoms with Crippen LogP contribution in [0, 0.1) is 0 Å². The quantitative estimate of drug-likeness (QED) is 0.634. The van der Waals surface area contributed by atoms with Crippen LogP contribution in [0.2, 0.25) is 0 Å². The first kappa shape index (κ1) is 21.5. The summed E-state index contributed by atoms with van der Waals surface area (Å²) in [5, 5.41) is 22.5. The minimum Gasteiger partial charge on any atom is -0.445 e. The fourth-order valence-corrected chi connectivity index (χ4v) is 2.34. The maximum atomic E-state index is 12.1. The van der Waals surface area contributed by atoms with E-state index in [0.29, 0.717) is 0 Å². The zero-order valence-corrected chi connectivity index (χ0v) is 14.7. The minimum atomic E-state index is -4.81. The number of carbonyl (C=O) groups excluding carboxylic acids is 1. The second kappa shape index (κ2) is 9.95. The van der Waals surface area contributed by atoms with E-state index in [9.17, 15) is 28.2 Å². The summed E-state index contributed by atoms with van der Waals surface area (Å²) in [5.41, 5.74) is 1.04. The molecule has 3 N–H and O–H groups in total. The van der Waals surface area contributed by atoms with E-state index >= 15 is 0 Å². The van der Waals surface area contributed by atoms with Gasteiger partial charge >= 0.3 is 12.5 Å². The topological polar surface area (TPSA) is 88.0 Å². The normalized spacial score (nSPS) is 13.5. The number of alkyl halides is 3. The zero-order valence-electron chi connectivity index (χ0n) is 14.7. The van der Waals surface area contributed by atoms with E-state index in [1.165, 1.54) is 12.1 Å². The Balaban J connectivity index is 1.73. The monoisotopic (exact) mass is 399 g/mol. The molecule has 2 aromatic carbocycles. The number of aliphatic hydroxyl groups is 2. The SMILES string of the molecule is O=C(NCCC(O)C(O)c1ccc(OC(F)(F)F)cc1)OCc1ccccc1. The maximum Gasteiger partial charge on any atom is 0.573 e. The third-order valence-electron chi connectivity index (χ3n) is 3.74. The molecular formula is C19H20F3NO5. The van der Waals surface area contributed by atoms with E-state index in [1.54, 1.807) is 12.1 Å². The third-order valence-corrected chi connectivity index (χ3v) is 3.74. The first-order chi connectivity index (χ1) is 13.2. The molecule has 2 aromatic rings. The van der Waals surface area contributed by atoms with Gasteiger partial charge in [-0.05, 0) is 29.7 Å². The molecule has 2 unspecified atom stereocenters. The van der Waals surface area contributed by atoms with E-state index in [1.807, 2.05) is 18.2 Å². The molecule has 152 valence electrons. The third kappa shape index (κ3) is 7.45. The Morgan fingerprint density at radius 2 is 1.68 bits per heavy atom. The Morgan fingerprint density at radius 3 is 2.29 bits per heavy atom. The van der Waals surface area contributed by atoms with Crippen molar-refractivity contribution in [3.63, 3.8) is 0 Å². The molecule has 2 atom stereocenters. The molecule has 28 heavy (non-hydrogen) atoms. The maximum absolute atomic E-state index is 12.1. The van der Waals surface area contributed by atoms with Crippen molar-refractivity contribution in [2.45, 2.75) is 31.6 Å². The lowest BCUT2D eigenvalue weighted by Gasteiger charge is -2.19. The van der Waals surface area contributed by atoms with E-state index < -0.39 is 30.4 Å². The molecule has 9 heteroatoms. The van der Waals surface area contributed by atoms with Crippen LogP contribution in [0.25, 0.3) is 0 Å². The predicted octanol–water partition coefficient (Wildman–Crippen LogP) is 3.30. The van der Waals surface area contributed by atoms with Crippen LogP contribution in [0.5, 0.6) is 5.75 Å². The van der Waals surface area contributed by atoms with Crippen LogP contribution >= 0.6 is 0 Å². The number of benzene rings is 2. The summed E-state index contributed by atoms with van der Waals surface area (Å²) in [4.78, 5) is 11.6. The average Bonchev–Trinajstić information content (AvgIpc) is 2.66. The highest BCUT2D eigenvalue weighted by atomic mass is 19.4. The molecule has 0 bridgehead atoms. The fraction of sp³-hybridized carbons (Fsp3) is 0.316. The Morgan fingerprint density at radius 1 is 1.04 bits per heavy atom. The number of ether oxygens (including phenoxy) is 2. The van der Waals surface area contributed by atoms with Crippen molar-refractivity contribution in [2.75, 3.05) is 6.54 Å². The molecule has 0 heterocycles. The number of amides is 1. The van der Waals surface area contributed by atoms with E-state index in [2.05, 4.69) is 10.1 Å². The molecular weight excluding hydrogens is 379 g/mol. The average molecular weight is 399 g/mol. The lowest BCUT2D eigenvalue weighted by molar-refractivity contribution is -0.274. The fourth-order valence-electron chi connectivity index (χ4n) is 2.34. The highest BCUT2D eigenvalue weighted by Gasteiger charge is 2.31. The van der Waals surface area contributed by atoms with E-state index in [-0.39, 0.29) is 25.1 Å². The lowest BCUT2D eigenvalue weighted by Crippen LogP contribution is -2.29. The number of alkyl carbamates (subject to hydrolysis) is 1. The Kier molecular flexibility index (Phi) is 7.65. The van der Waals surface area contributed by atoms with E-state index in [4.69, 9.17) is 4.74 Å². The van der Waals surface area contributed by atoms with Crippen molar-refractivity contribution in [3.05, 3.63) is 65.7 Å². The Labute approximate surface area is 159 Å². The number of nitrogens with one attached hydrogen (secondary N) is 1. The summed E-state index contributed by atoms with van der Waals surface area (Å²) in [6, 6.07) is 13.6. The molecule has 0 aliphatic rings. The zero-order chi connectivity index (χ0) is 20.6. The van der Waals surface area contributed by atoms with Gasteiger partial charge in [-0.2, -0.15) is 0 Å².